The number of H-pyrrole nitrogens is 1. The molecule has 186 valence electrons. The summed E-state index contributed by atoms with van der Waals surface area (Å²) in [4.78, 5) is 22.8. The molecule has 2 saturated heterocycles. The van der Waals surface area contributed by atoms with Crippen LogP contribution >= 0.6 is 0 Å². The summed E-state index contributed by atoms with van der Waals surface area (Å²) >= 11 is 0. The van der Waals surface area contributed by atoms with Gasteiger partial charge in [-0.25, -0.2) is 9.78 Å². The Morgan fingerprint density at radius 2 is 1.85 bits per heavy atom. The van der Waals surface area contributed by atoms with Gasteiger partial charge in [0.2, 0.25) is 0 Å². The van der Waals surface area contributed by atoms with Gasteiger partial charge in [-0.2, -0.15) is 0 Å². The number of morpholine rings is 1. The minimum Gasteiger partial charge on any atom is -0.444 e. The van der Waals surface area contributed by atoms with E-state index in [9.17, 15) is 4.79 Å². The maximum atomic E-state index is 12.6. The van der Waals surface area contributed by atoms with Crippen molar-refractivity contribution in [2.75, 3.05) is 19.7 Å². The first kappa shape index (κ1) is 25.0. The molecule has 2 aromatic rings. The minimum absolute atomic E-state index is 0.205. The smallest absolute Gasteiger partial charge is 0.444 e. The second-order valence-corrected chi connectivity index (χ2v) is 11.6. The van der Waals surface area contributed by atoms with Crippen LogP contribution in [0.25, 0.3) is 11.0 Å². The lowest BCUT2D eigenvalue weighted by Gasteiger charge is -2.34. The van der Waals surface area contributed by atoms with Gasteiger partial charge in [-0.3, -0.25) is 0 Å². The lowest BCUT2D eigenvalue weighted by atomic mass is 9.79. The first-order valence-corrected chi connectivity index (χ1v) is 12.2. The third kappa shape index (κ3) is 4.70. The number of aromatic nitrogens is 2. The highest BCUT2D eigenvalue weighted by atomic mass is 16.7. The van der Waals surface area contributed by atoms with Gasteiger partial charge in [-0.15, -0.1) is 0 Å². The van der Waals surface area contributed by atoms with Crippen molar-refractivity contribution in [2.45, 2.75) is 91.1 Å². The topological polar surface area (TPSA) is 85.9 Å². The molecule has 0 radical (unpaired) electrons. The Kier molecular flexibility index (Phi) is 6.28. The Morgan fingerprint density at radius 3 is 2.44 bits per heavy atom. The van der Waals surface area contributed by atoms with Crippen molar-refractivity contribution in [1.29, 1.82) is 0 Å². The van der Waals surface area contributed by atoms with E-state index < -0.39 is 23.9 Å². The average Bonchev–Trinajstić information content (AvgIpc) is 3.20. The Labute approximate surface area is 202 Å². The second kappa shape index (κ2) is 8.54. The highest BCUT2D eigenvalue weighted by Gasteiger charge is 2.53. The van der Waals surface area contributed by atoms with Crippen LogP contribution in [0.3, 0.4) is 0 Å². The number of aromatic amines is 1. The fourth-order valence-corrected chi connectivity index (χ4v) is 4.35. The number of amides is 1. The van der Waals surface area contributed by atoms with Gasteiger partial charge >= 0.3 is 13.2 Å². The number of hydrogen-bond acceptors (Lipinski definition) is 6. The van der Waals surface area contributed by atoms with Crippen LogP contribution in [0, 0.1) is 0 Å². The Hall–Kier alpha value is -2.10. The summed E-state index contributed by atoms with van der Waals surface area (Å²) in [7, 11) is -0.492. The van der Waals surface area contributed by atoms with Gasteiger partial charge < -0.3 is 28.7 Å². The van der Waals surface area contributed by atoms with Crippen molar-refractivity contribution in [3.63, 3.8) is 0 Å². The van der Waals surface area contributed by atoms with Crippen molar-refractivity contribution >= 4 is 29.8 Å². The average molecular weight is 471 g/mol. The molecule has 0 aliphatic carbocycles. The normalized spacial score (nSPS) is 22.6. The SMILES string of the molecule is CC(C)c1c(B2OC(C)(C)C(C)(C)O2)[nH]c2ccc(C3CN(C(=O)OC(C)(C)C)CCO3)nc12. The molecule has 0 saturated carbocycles. The van der Waals surface area contributed by atoms with Gasteiger partial charge in [0, 0.05) is 6.54 Å². The lowest BCUT2D eigenvalue weighted by Crippen LogP contribution is -2.44. The number of carbonyl (C=O) groups excluding carboxylic acids is 1. The molecule has 0 aromatic carbocycles. The van der Waals surface area contributed by atoms with Crippen LogP contribution in [0.2, 0.25) is 0 Å². The Balaban J connectivity index is 1.64. The molecule has 1 unspecified atom stereocenters. The number of hydrogen-bond donors (Lipinski definition) is 1. The van der Waals surface area contributed by atoms with E-state index in [-0.39, 0.29) is 18.1 Å². The van der Waals surface area contributed by atoms with Gasteiger partial charge in [-0.1, -0.05) is 13.8 Å². The first-order chi connectivity index (χ1) is 15.7. The number of nitrogens with zero attached hydrogens (tertiary/aromatic N) is 2. The summed E-state index contributed by atoms with van der Waals surface area (Å²) in [5.74, 6) is 0.205. The standard InChI is InChI=1S/C25H38BN3O5/c1-15(2)19-20-17(28-21(19)26-33-24(6,7)25(8,9)34-26)11-10-16(27-20)18-14-29(12-13-31-18)22(30)32-23(3,4)5/h10-11,15,18,28H,12-14H2,1-9H3. The number of rotatable bonds is 3. The third-order valence-corrected chi connectivity index (χ3v) is 6.85. The zero-order valence-electron chi connectivity index (χ0n) is 21.9. The summed E-state index contributed by atoms with van der Waals surface area (Å²) in [6.45, 7) is 19.5. The molecule has 4 rings (SSSR count). The molecule has 8 nitrogen and oxygen atoms in total. The zero-order chi connectivity index (χ0) is 25.1. The van der Waals surface area contributed by atoms with E-state index in [1.165, 1.54) is 0 Å². The molecule has 1 N–H and O–H groups in total. The molecule has 0 spiro atoms. The highest BCUT2D eigenvalue weighted by Crippen LogP contribution is 2.38. The monoisotopic (exact) mass is 471 g/mol. The molecular formula is C25H38BN3O5. The van der Waals surface area contributed by atoms with Crippen molar-refractivity contribution in [3.05, 3.63) is 23.4 Å². The zero-order valence-corrected chi connectivity index (χ0v) is 21.9. The predicted molar refractivity (Wildman–Crippen MR) is 132 cm³/mol. The Morgan fingerprint density at radius 1 is 1.21 bits per heavy atom. The minimum atomic E-state index is -0.538. The highest BCUT2D eigenvalue weighted by molar-refractivity contribution is 6.62. The summed E-state index contributed by atoms with van der Waals surface area (Å²) < 4.78 is 24.2. The first-order valence-electron chi connectivity index (χ1n) is 12.2. The molecular weight excluding hydrogens is 433 g/mol. The van der Waals surface area contributed by atoms with Crippen LogP contribution in [0.15, 0.2) is 12.1 Å². The molecule has 2 aliphatic rings. The largest absolute Gasteiger partial charge is 0.512 e. The fraction of sp³-hybridized carbons (Fsp3) is 0.680. The molecule has 34 heavy (non-hydrogen) atoms. The van der Waals surface area contributed by atoms with E-state index in [1.54, 1.807) is 4.90 Å². The maximum absolute atomic E-state index is 12.6. The lowest BCUT2D eigenvalue weighted by molar-refractivity contribution is -0.0446. The van der Waals surface area contributed by atoms with Crippen LogP contribution in [0.5, 0.6) is 0 Å². The van der Waals surface area contributed by atoms with Crippen LogP contribution < -0.4 is 5.59 Å². The fourth-order valence-electron chi connectivity index (χ4n) is 4.35. The van der Waals surface area contributed by atoms with Gasteiger partial charge in [-0.05, 0) is 72.1 Å². The van der Waals surface area contributed by atoms with Gasteiger partial charge in [0.25, 0.3) is 0 Å². The molecule has 1 amide bonds. The van der Waals surface area contributed by atoms with Gasteiger partial charge in [0.05, 0.1) is 46.7 Å². The van der Waals surface area contributed by atoms with E-state index in [0.717, 1.165) is 27.9 Å². The van der Waals surface area contributed by atoms with Crippen LogP contribution in [0.4, 0.5) is 4.79 Å². The molecule has 4 heterocycles. The summed E-state index contributed by atoms with van der Waals surface area (Å²) in [6, 6.07) is 3.98. The van der Waals surface area contributed by atoms with Crippen molar-refractivity contribution in [3.8, 4) is 0 Å². The van der Waals surface area contributed by atoms with E-state index in [2.05, 4.69) is 46.5 Å². The summed E-state index contributed by atoms with van der Waals surface area (Å²) in [5.41, 5.74) is 3.20. The molecule has 1 atom stereocenters. The summed E-state index contributed by atoms with van der Waals surface area (Å²) in [5, 5.41) is 0. The van der Waals surface area contributed by atoms with E-state index >= 15 is 0 Å². The van der Waals surface area contributed by atoms with Crippen LogP contribution in [0.1, 0.15) is 85.6 Å². The molecule has 0 bridgehead atoms. The predicted octanol–water partition coefficient (Wildman–Crippen LogP) is 4.29. The van der Waals surface area contributed by atoms with E-state index in [1.807, 2.05) is 32.9 Å². The summed E-state index contributed by atoms with van der Waals surface area (Å²) in [6.07, 6.45) is -0.643. The maximum Gasteiger partial charge on any atom is 0.512 e. The second-order valence-electron chi connectivity index (χ2n) is 11.6. The van der Waals surface area contributed by atoms with Gasteiger partial charge in [0.1, 0.15) is 11.7 Å². The van der Waals surface area contributed by atoms with Crippen LogP contribution in [-0.4, -0.2) is 64.6 Å². The Bertz CT molecular complexity index is 1060. The van der Waals surface area contributed by atoms with Crippen molar-refractivity contribution < 1.29 is 23.6 Å². The van der Waals surface area contributed by atoms with Crippen molar-refractivity contribution in [1.82, 2.24) is 14.9 Å². The van der Waals surface area contributed by atoms with E-state index in [0.29, 0.717) is 19.7 Å². The molecule has 2 aromatic heterocycles. The number of pyridine rings is 1. The van der Waals surface area contributed by atoms with Gasteiger partial charge in [0.15, 0.2) is 0 Å². The number of carbonyl (C=O) groups is 1. The number of nitrogens with one attached hydrogen (secondary N) is 1. The number of fused-ring (bicyclic) bond motifs is 1. The molecule has 2 aliphatic heterocycles. The molecule has 9 heteroatoms. The quantitative estimate of drug-likeness (QED) is 0.673. The van der Waals surface area contributed by atoms with Crippen LogP contribution in [-0.2, 0) is 18.8 Å². The number of ether oxygens (including phenoxy) is 2. The van der Waals surface area contributed by atoms with Crippen molar-refractivity contribution in [2.24, 2.45) is 0 Å². The van der Waals surface area contributed by atoms with E-state index in [4.69, 9.17) is 23.8 Å². The molecule has 2 fully saturated rings. The third-order valence-electron chi connectivity index (χ3n) is 6.85.